The molecule has 0 bridgehead atoms. The molecule has 0 unspecified atom stereocenters. The van der Waals surface area contributed by atoms with Crippen LogP contribution < -0.4 is 21.7 Å². The number of carbonyl (C=O) groups excluding carboxylic acids is 4. The third kappa shape index (κ3) is 7.71. The van der Waals surface area contributed by atoms with E-state index in [0.717, 1.165) is 10.8 Å². The Bertz CT molecular complexity index is 1220. The number of aromatic nitrogens is 1. The lowest BCUT2D eigenvalue weighted by atomic mass is 10.0. The van der Waals surface area contributed by atoms with Crippen LogP contribution in [0.2, 0.25) is 0 Å². The summed E-state index contributed by atoms with van der Waals surface area (Å²) in [7, 11) is 0. The van der Waals surface area contributed by atoms with Gasteiger partial charge in [-0.3, -0.25) is 29.6 Å². The van der Waals surface area contributed by atoms with Crippen LogP contribution in [0.15, 0.2) is 36.7 Å². The van der Waals surface area contributed by atoms with Crippen LogP contribution in [0.4, 0.5) is 4.39 Å². The van der Waals surface area contributed by atoms with Gasteiger partial charge >= 0.3 is 0 Å². The van der Waals surface area contributed by atoms with Crippen molar-refractivity contribution in [3.05, 3.63) is 42.2 Å². The number of rotatable bonds is 12. The molecular formula is C27H36FN7O4. The number of alkyl halides is 1. The Kier molecular flexibility index (Phi) is 10.3. The molecule has 3 atom stereocenters. The van der Waals surface area contributed by atoms with E-state index in [1.807, 2.05) is 26.0 Å². The zero-order valence-electron chi connectivity index (χ0n) is 22.2. The second-order valence-corrected chi connectivity index (χ2v) is 9.97. The lowest BCUT2D eigenvalue weighted by molar-refractivity contribution is -0.141. The third-order valence-electron chi connectivity index (χ3n) is 6.78. The molecule has 210 valence electrons. The second-order valence-electron chi connectivity index (χ2n) is 9.97. The van der Waals surface area contributed by atoms with E-state index in [-0.39, 0.29) is 18.3 Å². The number of nitrogens with zero attached hydrogens (tertiary/aromatic N) is 2. The van der Waals surface area contributed by atoms with Gasteiger partial charge in [-0.2, -0.15) is 0 Å². The molecule has 1 saturated heterocycles. The van der Waals surface area contributed by atoms with Crippen LogP contribution >= 0.6 is 0 Å². The highest BCUT2D eigenvalue weighted by Crippen LogP contribution is 2.22. The minimum Gasteiger partial charge on any atom is -0.370 e. The Morgan fingerprint density at radius 1 is 1.18 bits per heavy atom. The number of hydrogen-bond acceptors (Lipinski definition) is 6. The summed E-state index contributed by atoms with van der Waals surface area (Å²) in [6.07, 6.45) is 4.81. The maximum Gasteiger partial charge on any atom is 0.251 e. The van der Waals surface area contributed by atoms with Gasteiger partial charge in [0.1, 0.15) is 18.8 Å². The molecule has 1 fully saturated rings. The van der Waals surface area contributed by atoms with Crippen molar-refractivity contribution in [1.29, 1.82) is 5.41 Å². The first-order chi connectivity index (χ1) is 18.6. The maximum absolute atomic E-state index is 13.6. The summed E-state index contributed by atoms with van der Waals surface area (Å²) in [5.74, 6) is -2.60. The second kappa shape index (κ2) is 13.6. The number of likely N-dealkylation sites (tertiary alicyclic amines) is 1. The van der Waals surface area contributed by atoms with E-state index < -0.39 is 48.3 Å². The number of halogens is 1. The molecule has 0 spiro atoms. The molecule has 0 radical (unpaired) electrons. The molecule has 39 heavy (non-hydrogen) atoms. The van der Waals surface area contributed by atoms with Gasteiger partial charge in [-0.1, -0.05) is 19.9 Å². The van der Waals surface area contributed by atoms with Gasteiger partial charge in [0.15, 0.2) is 11.7 Å². The smallest absolute Gasteiger partial charge is 0.251 e. The number of Topliss-reactive ketones (excluding diaryl/α,β-unsaturated/α-hetero) is 1. The van der Waals surface area contributed by atoms with Gasteiger partial charge in [0.25, 0.3) is 5.91 Å². The van der Waals surface area contributed by atoms with E-state index in [1.54, 1.807) is 24.5 Å². The highest BCUT2D eigenvalue weighted by molar-refractivity contribution is 6.01. The summed E-state index contributed by atoms with van der Waals surface area (Å²) in [4.78, 5) is 57.5. The number of ketones is 1. The zero-order chi connectivity index (χ0) is 28.5. The lowest BCUT2D eigenvalue weighted by Gasteiger charge is -2.31. The molecule has 1 aromatic carbocycles. The number of nitrogens with two attached hydrogens (primary N) is 1. The highest BCUT2D eigenvalue weighted by Gasteiger charge is 2.39. The Labute approximate surface area is 226 Å². The summed E-state index contributed by atoms with van der Waals surface area (Å²) in [6, 6.07) is 4.26. The number of nitrogens with one attached hydrogen (secondary N) is 4. The highest BCUT2D eigenvalue weighted by atomic mass is 19.1. The number of fused-ring (bicyclic) bond motifs is 1. The summed E-state index contributed by atoms with van der Waals surface area (Å²) in [5.41, 5.74) is 5.63. The molecule has 11 nitrogen and oxygen atoms in total. The van der Waals surface area contributed by atoms with Gasteiger partial charge in [0.05, 0.1) is 6.04 Å². The van der Waals surface area contributed by atoms with Crippen LogP contribution in [0, 0.1) is 11.3 Å². The summed E-state index contributed by atoms with van der Waals surface area (Å²) < 4.78 is 13.2. The van der Waals surface area contributed by atoms with Crippen molar-refractivity contribution in [1.82, 2.24) is 25.8 Å². The first kappa shape index (κ1) is 29.5. The van der Waals surface area contributed by atoms with E-state index in [4.69, 9.17) is 11.1 Å². The average molecular weight is 542 g/mol. The van der Waals surface area contributed by atoms with Crippen LogP contribution in [0.3, 0.4) is 0 Å². The molecule has 12 heteroatoms. The molecular weight excluding hydrogens is 505 g/mol. The molecule has 1 aromatic heterocycles. The van der Waals surface area contributed by atoms with Crippen LogP contribution in [0.5, 0.6) is 0 Å². The standard InChI is InChI=1S/C27H36FN7O4/c1-16(2)23(34-24(37)18-8-7-17-9-11-31-15-19(17)13-18)26(39)35-12-4-6-21(35)25(38)33-20(22(36)14-28)5-3-10-32-27(29)30/h7-9,11,13,15-16,20-21,23H,3-6,10,12,14H2,1-2H3,(H,33,38)(H,34,37)(H4,29,30,32)/t20-,21-,23-/m0/s1. The normalized spacial score (nSPS) is 16.5. The molecule has 1 aliphatic heterocycles. The first-order valence-corrected chi connectivity index (χ1v) is 13.0. The van der Waals surface area contributed by atoms with Crippen LogP contribution in [-0.4, -0.2) is 77.2 Å². The largest absolute Gasteiger partial charge is 0.370 e. The SMILES string of the molecule is CC(C)[C@H](NC(=O)c1ccc2ccncc2c1)C(=O)N1CCC[C@H]1C(=O)N[C@@H](CCCNC(=N)N)C(=O)CF. The zero-order valence-corrected chi connectivity index (χ0v) is 22.2. The number of benzene rings is 1. The fraction of sp³-hybridized carbons (Fsp3) is 0.481. The molecule has 0 aliphatic carbocycles. The van der Waals surface area contributed by atoms with Crippen LogP contribution in [0.1, 0.15) is 49.9 Å². The fourth-order valence-electron chi connectivity index (χ4n) is 4.65. The Morgan fingerprint density at radius 3 is 2.64 bits per heavy atom. The minimum absolute atomic E-state index is 0.154. The van der Waals surface area contributed by atoms with Crippen molar-refractivity contribution in [2.24, 2.45) is 11.7 Å². The van der Waals surface area contributed by atoms with Gasteiger partial charge in [0.2, 0.25) is 11.8 Å². The number of pyridine rings is 1. The molecule has 2 heterocycles. The molecule has 1 aliphatic rings. The van der Waals surface area contributed by atoms with E-state index in [1.165, 1.54) is 4.90 Å². The van der Waals surface area contributed by atoms with Crippen molar-refractivity contribution in [2.75, 3.05) is 19.8 Å². The van der Waals surface area contributed by atoms with Crippen molar-refractivity contribution >= 4 is 40.2 Å². The fourth-order valence-corrected chi connectivity index (χ4v) is 4.65. The van der Waals surface area contributed by atoms with E-state index in [9.17, 15) is 23.6 Å². The summed E-state index contributed by atoms with van der Waals surface area (Å²) in [6.45, 7) is 3.00. The number of hydrogen-bond donors (Lipinski definition) is 5. The van der Waals surface area contributed by atoms with E-state index in [2.05, 4.69) is 20.9 Å². The molecule has 6 N–H and O–H groups in total. The van der Waals surface area contributed by atoms with Gasteiger partial charge in [-0.25, -0.2) is 4.39 Å². The number of amides is 3. The van der Waals surface area contributed by atoms with Gasteiger partial charge in [0, 0.05) is 36.4 Å². The van der Waals surface area contributed by atoms with Gasteiger partial charge in [-0.15, -0.1) is 0 Å². The van der Waals surface area contributed by atoms with E-state index in [0.29, 0.717) is 37.9 Å². The van der Waals surface area contributed by atoms with Crippen LogP contribution in [-0.2, 0) is 14.4 Å². The predicted octanol–water partition coefficient (Wildman–Crippen LogP) is 1.27. The lowest BCUT2D eigenvalue weighted by Crippen LogP contribution is -2.56. The Hall–Kier alpha value is -4.09. The molecule has 3 amide bonds. The number of guanidine groups is 1. The molecule has 0 saturated carbocycles. The monoisotopic (exact) mass is 541 g/mol. The van der Waals surface area contributed by atoms with Gasteiger partial charge < -0.3 is 26.6 Å². The van der Waals surface area contributed by atoms with E-state index >= 15 is 0 Å². The van der Waals surface area contributed by atoms with Crippen LogP contribution in [0.25, 0.3) is 10.8 Å². The summed E-state index contributed by atoms with van der Waals surface area (Å²) in [5, 5.41) is 16.9. The summed E-state index contributed by atoms with van der Waals surface area (Å²) >= 11 is 0. The average Bonchev–Trinajstić information content (AvgIpc) is 3.42. The Balaban J connectivity index is 1.68. The Morgan fingerprint density at radius 2 is 1.95 bits per heavy atom. The number of carbonyl (C=O) groups is 4. The van der Waals surface area contributed by atoms with Crippen molar-refractivity contribution < 1.29 is 23.6 Å². The first-order valence-electron chi connectivity index (χ1n) is 13.0. The quantitative estimate of drug-likeness (QED) is 0.153. The molecule has 3 rings (SSSR count). The molecule has 2 aromatic rings. The third-order valence-corrected chi connectivity index (χ3v) is 6.78. The van der Waals surface area contributed by atoms with Crippen molar-refractivity contribution in [2.45, 2.75) is 57.7 Å². The van der Waals surface area contributed by atoms with Gasteiger partial charge in [-0.05, 0) is 55.2 Å². The van der Waals surface area contributed by atoms with Crippen molar-refractivity contribution in [3.8, 4) is 0 Å². The van der Waals surface area contributed by atoms with Crippen molar-refractivity contribution in [3.63, 3.8) is 0 Å². The topological polar surface area (TPSA) is 170 Å². The minimum atomic E-state index is -1.23. The maximum atomic E-state index is 13.6. The predicted molar refractivity (Wildman–Crippen MR) is 145 cm³/mol.